The molecule has 0 bridgehead atoms. The van der Waals surface area contributed by atoms with Crippen LogP contribution in [0.1, 0.15) is 13.3 Å². The van der Waals surface area contributed by atoms with E-state index in [1.807, 2.05) is 0 Å². The molecule has 1 heterocycles. The summed E-state index contributed by atoms with van der Waals surface area (Å²) < 4.78 is 0. The maximum absolute atomic E-state index is 10.7. The maximum atomic E-state index is 10.7. The van der Waals surface area contributed by atoms with Gasteiger partial charge in [-0.15, -0.1) is 6.58 Å². The normalized spacial score (nSPS) is 25.5. The first-order valence-corrected chi connectivity index (χ1v) is 5.04. The number of nitrogens with one attached hydrogen (secondary N) is 1. The van der Waals surface area contributed by atoms with Gasteiger partial charge in [-0.2, -0.15) is 0 Å². The van der Waals surface area contributed by atoms with Crippen LogP contribution in [0.4, 0.5) is 0 Å². The van der Waals surface area contributed by atoms with E-state index < -0.39 is 17.7 Å². The van der Waals surface area contributed by atoms with Crippen LogP contribution in [-0.2, 0) is 4.79 Å². The summed E-state index contributed by atoms with van der Waals surface area (Å²) in [4.78, 5) is 12.4. The number of carbonyl (C=O) groups is 1. The molecule has 2 unspecified atom stereocenters. The number of hydrogen-bond acceptors (Lipinski definition) is 5. The predicted octanol–water partition coefficient (Wildman–Crippen LogP) is -3.54. The zero-order valence-electron chi connectivity index (χ0n) is 10.4. The van der Waals surface area contributed by atoms with Crippen LogP contribution in [0.2, 0.25) is 0 Å². The number of aliphatic hydroxyl groups is 1. The molecule has 4 N–H and O–H groups in total. The van der Waals surface area contributed by atoms with Gasteiger partial charge < -0.3 is 15.7 Å². The molecule has 17 heavy (non-hydrogen) atoms. The van der Waals surface area contributed by atoms with Gasteiger partial charge in [-0.05, 0) is 13.3 Å². The molecule has 1 aliphatic rings. The smallest absolute Gasteiger partial charge is 0.870 e. The van der Waals surface area contributed by atoms with Gasteiger partial charge in [-0.3, -0.25) is 15.0 Å². The summed E-state index contributed by atoms with van der Waals surface area (Å²) >= 11 is 0. The topological polar surface area (TPSA) is 103 Å². The van der Waals surface area contributed by atoms with Crippen LogP contribution in [0, 0.1) is 0 Å². The van der Waals surface area contributed by atoms with E-state index in [9.17, 15) is 9.90 Å². The fourth-order valence-corrected chi connectivity index (χ4v) is 2.11. The van der Waals surface area contributed by atoms with Crippen molar-refractivity contribution in [3.63, 3.8) is 0 Å². The predicted molar refractivity (Wildman–Crippen MR) is 58.4 cm³/mol. The molecule has 0 aliphatic carbocycles. The zero-order valence-corrected chi connectivity index (χ0v) is 12.4. The number of carboxylic acids is 1. The number of hydrogen-bond donors (Lipinski definition) is 3. The minimum atomic E-state index is -0.882. The number of nitrogens with zero attached hydrogens (tertiary/aromatic N) is 1. The average molecular weight is 254 g/mol. The van der Waals surface area contributed by atoms with Crippen LogP contribution in [-0.4, -0.2) is 58.0 Å². The van der Waals surface area contributed by atoms with Crippen molar-refractivity contribution in [3.05, 3.63) is 12.7 Å². The number of rotatable bonds is 5. The third-order valence-electron chi connectivity index (χ3n) is 2.85. The summed E-state index contributed by atoms with van der Waals surface area (Å²) in [6.45, 7) is 6.56. The van der Waals surface area contributed by atoms with Gasteiger partial charge in [0.05, 0.1) is 12.6 Å². The summed E-state index contributed by atoms with van der Waals surface area (Å²) in [6, 6.07) is 0. The fourth-order valence-electron chi connectivity index (χ4n) is 2.11. The second-order valence-electron chi connectivity index (χ2n) is 3.84. The molecule has 0 amide bonds. The SMILES string of the molecule is C=CCC1(C(C)O)NCCN1CC(=O)O.[Na+].[OH-]. The summed E-state index contributed by atoms with van der Waals surface area (Å²) in [7, 11) is 0. The van der Waals surface area contributed by atoms with Gasteiger partial charge in [0.2, 0.25) is 0 Å². The van der Waals surface area contributed by atoms with E-state index in [2.05, 4.69) is 11.9 Å². The Morgan fingerprint density at radius 3 is 2.71 bits per heavy atom. The Balaban J connectivity index is 0. The van der Waals surface area contributed by atoms with Crippen molar-refractivity contribution in [3.8, 4) is 0 Å². The van der Waals surface area contributed by atoms with Crippen molar-refractivity contribution < 1.29 is 50.0 Å². The third kappa shape index (κ3) is 4.33. The molecule has 0 aromatic rings. The van der Waals surface area contributed by atoms with Crippen LogP contribution < -0.4 is 34.9 Å². The standard InChI is InChI=1S/C10H18N2O3.Na.H2O/c1-3-4-10(8(2)13)11-5-6-12(10)7-9(14)15;;/h3,8,11,13H,1,4-7H2,2H3,(H,14,15);;1H2/q;+1;/p-1. The number of carboxylic acid groups (broad SMARTS) is 1. The zero-order chi connectivity index (χ0) is 11.5. The van der Waals surface area contributed by atoms with E-state index in [-0.39, 0.29) is 41.6 Å². The van der Waals surface area contributed by atoms with Crippen LogP contribution in [0.15, 0.2) is 12.7 Å². The molecular formula is C10H19N2NaO4. The van der Waals surface area contributed by atoms with Crippen LogP contribution in [0.25, 0.3) is 0 Å². The van der Waals surface area contributed by atoms with Gasteiger partial charge in [0.1, 0.15) is 5.66 Å². The Hall–Kier alpha value is 0.0500. The van der Waals surface area contributed by atoms with E-state index in [4.69, 9.17) is 5.11 Å². The van der Waals surface area contributed by atoms with Crippen molar-refractivity contribution in [1.29, 1.82) is 0 Å². The molecule has 1 fully saturated rings. The molecule has 1 aliphatic heterocycles. The minimum absolute atomic E-state index is 0. The first-order valence-electron chi connectivity index (χ1n) is 5.04. The average Bonchev–Trinajstić information content (AvgIpc) is 2.49. The molecule has 0 aromatic carbocycles. The Bertz CT molecular complexity index is 263. The number of aliphatic hydroxyl groups excluding tert-OH is 1. The van der Waals surface area contributed by atoms with Crippen LogP contribution in [0.3, 0.4) is 0 Å². The largest absolute Gasteiger partial charge is 1.00 e. The molecule has 1 rings (SSSR count). The van der Waals surface area contributed by atoms with Gasteiger partial charge in [0.15, 0.2) is 0 Å². The minimum Gasteiger partial charge on any atom is -0.870 e. The van der Waals surface area contributed by atoms with Gasteiger partial charge in [0, 0.05) is 13.1 Å². The first-order chi connectivity index (χ1) is 7.03. The van der Waals surface area contributed by atoms with E-state index in [0.717, 1.165) is 0 Å². The Kier molecular flexibility index (Phi) is 9.36. The van der Waals surface area contributed by atoms with Crippen LogP contribution in [0.5, 0.6) is 0 Å². The second-order valence-corrected chi connectivity index (χ2v) is 3.84. The summed E-state index contributed by atoms with van der Waals surface area (Å²) in [5.41, 5.74) is -0.667. The van der Waals surface area contributed by atoms with Crippen molar-refractivity contribution in [1.82, 2.24) is 10.2 Å². The Morgan fingerprint density at radius 1 is 1.71 bits per heavy atom. The van der Waals surface area contributed by atoms with Gasteiger partial charge in [0.25, 0.3) is 0 Å². The summed E-state index contributed by atoms with van der Waals surface area (Å²) in [5, 5.41) is 21.7. The molecule has 6 nitrogen and oxygen atoms in total. The molecule has 7 heteroatoms. The second kappa shape index (κ2) is 8.20. The van der Waals surface area contributed by atoms with Crippen molar-refractivity contribution in [2.45, 2.75) is 25.1 Å². The van der Waals surface area contributed by atoms with Gasteiger partial charge in [-0.25, -0.2) is 0 Å². The Labute approximate surface area is 123 Å². The monoisotopic (exact) mass is 254 g/mol. The van der Waals surface area contributed by atoms with Crippen molar-refractivity contribution in [2.24, 2.45) is 0 Å². The van der Waals surface area contributed by atoms with Crippen LogP contribution >= 0.6 is 0 Å². The summed E-state index contributed by atoms with van der Waals surface area (Å²) in [6.07, 6.45) is 1.58. The quantitative estimate of drug-likeness (QED) is 0.347. The first kappa shape index (κ1) is 19.4. The molecule has 0 spiro atoms. The Morgan fingerprint density at radius 2 is 2.29 bits per heavy atom. The van der Waals surface area contributed by atoms with Crippen molar-refractivity contribution in [2.75, 3.05) is 19.6 Å². The van der Waals surface area contributed by atoms with E-state index in [0.29, 0.717) is 19.5 Å². The molecule has 0 radical (unpaired) electrons. The molecule has 2 atom stereocenters. The fraction of sp³-hybridized carbons (Fsp3) is 0.700. The summed E-state index contributed by atoms with van der Waals surface area (Å²) in [5.74, 6) is -0.882. The molecule has 1 saturated heterocycles. The van der Waals surface area contributed by atoms with E-state index >= 15 is 0 Å². The molecule has 0 aromatic heterocycles. The molecule has 0 saturated carbocycles. The third-order valence-corrected chi connectivity index (χ3v) is 2.85. The van der Waals surface area contributed by atoms with Crippen molar-refractivity contribution >= 4 is 5.97 Å². The van der Waals surface area contributed by atoms with E-state index in [1.54, 1.807) is 17.9 Å². The molecule has 94 valence electrons. The number of aliphatic carboxylic acids is 1. The molecular weight excluding hydrogens is 235 g/mol. The van der Waals surface area contributed by atoms with Gasteiger partial charge in [-0.1, -0.05) is 6.08 Å². The van der Waals surface area contributed by atoms with E-state index in [1.165, 1.54) is 0 Å². The maximum Gasteiger partial charge on any atom is 1.00 e. The van der Waals surface area contributed by atoms with Gasteiger partial charge >= 0.3 is 35.5 Å².